The van der Waals surface area contributed by atoms with Crippen LogP contribution in [0.15, 0.2) is 158 Å². The first-order valence-corrected chi connectivity index (χ1v) is 18.0. The third kappa shape index (κ3) is 4.40. The Morgan fingerprint density at radius 3 is 1.92 bits per heavy atom. The summed E-state index contributed by atoms with van der Waals surface area (Å²) in [6.45, 7) is 4.67. The molecular weight excluding hydrogens is 625 g/mol. The lowest BCUT2D eigenvalue weighted by Crippen LogP contribution is -2.14. The zero-order valence-corrected chi connectivity index (χ0v) is 28.6. The largest absolute Gasteiger partial charge is 0.228 e. The first kappa shape index (κ1) is 29.1. The predicted molar refractivity (Wildman–Crippen MR) is 212 cm³/mol. The van der Waals surface area contributed by atoms with E-state index in [2.05, 4.69) is 172 Å². The summed E-state index contributed by atoms with van der Waals surface area (Å²) in [6.07, 6.45) is 0. The second kappa shape index (κ2) is 11.1. The fraction of sp³-hybridized carbons (Fsp3) is 0.0638. The first-order valence-electron chi connectivity index (χ1n) is 17.2. The summed E-state index contributed by atoms with van der Waals surface area (Å²) in [6, 6.07) is 56.9. The van der Waals surface area contributed by atoms with Crippen LogP contribution in [0.25, 0.3) is 87.1 Å². The van der Waals surface area contributed by atoms with Crippen LogP contribution >= 0.6 is 11.3 Å². The maximum Gasteiger partial charge on any atom is 0.161 e. The Kier molecular flexibility index (Phi) is 6.43. The highest BCUT2D eigenvalue weighted by molar-refractivity contribution is 7.26. The van der Waals surface area contributed by atoms with Crippen LogP contribution < -0.4 is 0 Å². The number of aromatic nitrogens is 2. The van der Waals surface area contributed by atoms with E-state index in [1.165, 1.54) is 58.9 Å². The Morgan fingerprint density at radius 2 is 1.06 bits per heavy atom. The molecule has 0 saturated heterocycles. The number of rotatable bonds is 4. The quantitative estimate of drug-likeness (QED) is 0.188. The molecule has 7 aromatic carbocycles. The van der Waals surface area contributed by atoms with Gasteiger partial charge in [-0.05, 0) is 68.4 Å². The van der Waals surface area contributed by atoms with Gasteiger partial charge in [0.15, 0.2) is 5.82 Å². The molecule has 0 saturated carbocycles. The molecule has 10 rings (SSSR count). The number of hydrogen-bond acceptors (Lipinski definition) is 3. The van der Waals surface area contributed by atoms with Gasteiger partial charge in [0.1, 0.15) is 0 Å². The minimum absolute atomic E-state index is 0.0185. The normalized spacial score (nSPS) is 13.2. The van der Waals surface area contributed by atoms with Crippen molar-refractivity contribution in [3.8, 4) is 56.2 Å². The van der Waals surface area contributed by atoms with E-state index in [0.717, 1.165) is 39.3 Å². The van der Waals surface area contributed by atoms with E-state index < -0.39 is 0 Å². The maximum atomic E-state index is 5.36. The molecule has 0 atom stereocenters. The van der Waals surface area contributed by atoms with E-state index in [-0.39, 0.29) is 5.41 Å². The molecule has 0 radical (unpaired) electrons. The lowest BCUT2D eigenvalue weighted by molar-refractivity contribution is 0.660. The van der Waals surface area contributed by atoms with Gasteiger partial charge in [-0.15, -0.1) is 11.3 Å². The average molecular weight is 657 g/mol. The van der Waals surface area contributed by atoms with Gasteiger partial charge >= 0.3 is 0 Å². The SMILES string of the molecule is CC1(C)c2ccccc2-c2cc(-c3ccc(-c4nc(-c5ccccc5)cc(-c5cccc6c5sc5ccccc56)n4)c4ccccc34)ccc21. The van der Waals surface area contributed by atoms with Gasteiger partial charge in [0, 0.05) is 42.3 Å². The Morgan fingerprint density at radius 1 is 0.420 bits per heavy atom. The van der Waals surface area contributed by atoms with Crippen LogP contribution in [-0.2, 0) is 5.41 Å². The van der Waals surface area contributed by atoms with E-state index >= 15 is 0 Å². The molecule has 3 heteroatoms. The number of benzene rings is 7. The predicted octanol–water partition coefficient (Wildman–Crippen LogP) is 13.0. The molecule has 0 fully saturated rings. The molecule has 0 bridgehead atoms. The van der Waals surface area contributed by atoms with Crippen molar-refractivity contribution >= 4 is 42.3 Å². The molecule has 1 aliphatic rings. The topological polar surface area (TPSA) is 25.8 Å². The fourth-order valence-electron chi connectivity index (χ4n) is 8.04. The molecule has 0 unspecified atom stereocenters. The van der Waals surface area contributed by atoms with Gasteiger partial charge in [0.25, 0.3) is 0 Å². The third-order valence-corrected chi connectivity index (χ3v) is 11.8. The van der Waals surface area contributed by atoms with Crippen molar-refractivity contribution in [3.63, 3.8) is 0 Å². The molecule has 2 nitrogen and oxygen atoms in total. The summed E-state index contributed by atoms with van der Waals surface area (Å²) in [5, 5.41) is 4.88. The molecule has 9 aromatic rings. The highest BCUT2D eigenvalue weighted by Gasteiger charge is 2.35. The summed E-state index contributed by atoms with van der Waals surface area (Å²) >= 11 is 1.83. The second-order valence-electron chi connectivity index (χ2n) is 13.7. The molecule has 2 aromatic heterocycles. The third-order valence-electron chi connectivity index (χ3n) is 10.5. The Labute approximate surface area is 295 Å². The Bertz CT molecular complexity index is 2790. The van der Waals surface area contributed by atoms with Crippen molar-refractivity contribution in [2.75, 3.05) is 0 Å². The summed E-state index contributed by atoms with van der Waals surface area (Å²) in [7, 11) is 0. The molecule has 50 heavy (non-hydrogen) atoms. The number of hydrogen-bond donors (Lipinski definition) is 0. The van der Waals surface area contributed by atoms with E-state index in [4.69, 9.17) is 9.97 Å². The smallest absolute Gasteiger partial charge is 0.161 e. The summed E-state index contributed by atoms with van der Waals surface area (Å²) < 4.78 is 2.53. The number of nitrogens with zero attached hydrogens (tertiary/aromatic N) is 2. The van der Waals surface area contributed by atoms with Crippen molar-refractivity contribution in [1.82, 2.24) is 9.97 Å². The minimum atomic E-state index is -0.0185. The molecular formula is C47H32N2S. The van der Waals surface area contributed by atoms with Crippen LogP contribution in [0.2, 0.25) is 0 Å². The zero-order chi connectivity index (χ0) is 33.4. The molecule has 0 amide bonds. The van der Waals surface area contributed by atoms with Crippen molar-refractivity contribution < 1.29 is 0 Å². The Hall–Kier alpha value is -5.90. The molecule has 0 N–H and O–H groups in total. The van der Waals surface area contributed by atoms with Gasteiger partial charge in [0.05, 0.1) is 11.4 Å². The summed E-state index contributed by atoms with van der Waals surface area (Å²) in [5.41, 5.74) is 12.9. The van der Waals surface area contributed by atoms with Crippen LogP contribution in [0, 0.1) is 0 Å². The minimum Gasteiger partial charge on any atom is -0.228 e. The van der Waals surface area contributed by atoms with Crippen molar-refractivity contribution in [2.45, 2.75) is 19.3 Å². The van der Waals surface area contributed by atoms with Gasteiger partial charge in [-0.1, -0.05) is 147 Å². The van der Waals surface area contributed by atoms with E-state index in [1.807, 2.05) is 11.3 Å². The number of thiophene rings is 1. The first-order chi connectivity index (χ1) is 24.5. The van der Waals surface area contributed by atoms with Crippen molar-refractivity contribution in [2.24, 2.45) is 0 Å². The van der Waals surface area contributed by atoms with Crippen LogP contribution in [0.4, 0.5) is 0 Å². The molecule has 0 spiro atoms. The highest BCUT2D eigenvalue weighted by atomic mass is 32.1. The van der Waals surface area contributed by atoms with Crippen LogP contribution in [0.5, 0.6) is 0 Å². The van der Waals surface area contributed by atoms with Crippen LogP contribution in [-0.4, -0.2) is 9.97 Å². The summed E-state index contributed by atoms with van der Waals surface area (Å²) in [4.78, 5) is 10.6. The average Bonchev–Trinajstić information content (AvgIpc) is 3.66. The maximum absolute atomic E-state index is 5.36. The van der Waals surface area contributed by atoms with Gasteiger partial charge in [-0.2, -0.15) is 0 Å². The standard InChI is InChI=1S/C47H32N2S/c1-47(2)40-21-10-8-17-34(40)39-27-30(23-26-41(39)47)31-24-25-37(33-16-7-6-15-32(31)33)46-48-42(29-13-4-3-5-14-29)28-43(49-46)38-20-12-19-36-35-18-9-11-22-44(35)50-45(36)38/h3-28H,1-2H3. The van der Waals surface area contributed by atoms with E-state index in [0.29, 0.717) is 0 Å². The summed E-state index contributed by atoms with van der Waals surface area (Å²) in [5.74, 6) is 0.729. The van der Waals surface area contributed by atoms with E-state index in [9.17, 15) is 0 Å². The zero-order valence-electron chi connectivity index (χ0n) is 27.8. The molecule has 236 valence electrons. The second-order valence-corrected chi connectivity index (χ2v) is 14.8. The monoisotopic (exact) mass is 656 g/mol. The van der Waals surface area contributed by atoms with Gasteiger partial charge in [0.2, 0.25) is 0 Å². The highest BCUT2D eigenvalue weighted by Crippen LogP contribution is 2.50. The van der Waals surface area contributed by atoms with Crippen molar-refractivity contribution in [3.05, 3.63) is 169 Å². The Balaban J connectivity index is 1.17. The molecule has 1 aliphatic carbocycles. The van der Waals surface area contributed by atoms with Crippen molar-refractivity contribution in [1.29, 1.82) is 0 Å². The van der Waals surface area contributed by atoms with E-state index in [1.54, 1.807) is 0 Å². The van der Waals surface area contributed by atoms with Gasteiger partial charge in [-0.25, -0.2) is 9.97 Å². The number of fused-ring (bicyclic) bond motifs is 7. The lowest BCUT2D eigenvalue weighted by Gasteiger charge is -2.21. The molecule has 2 heterocycles. The fourth-order valence-corrected chi connectivity index (χ4v) is 9.27. The van der Waals surface area contributed by atoms with Crippen LogP contribution in [0.3, 0.4) is 0 Å². The lowest BCUT2D eigenvalue weighted by atomic mass is 9.82. The van der Waals surface area contributed by atoms with Crippen LogP contribution in [0.1, 0.15) is 25.0 Å². The van der Waals surface area contributed by atoms with Gasteiger partial charge < -0.3 is 0 Å². The molecule has 0 aliphatic heterocycles. The van der Waals surface area contributed by atoms with Gasteiger partial charge in [-0.3, -0.25) is 0 Å².